The fourth-order valence-electron chi connectivity index (χ4n) is 2.91. The summed E-state index contributed by atoms with van der Waals surface area (Å²) >= 11 is 0. The van der Waals surface area contributed by atoms with Gasteiger partial charge in [-0.25, -0.2) is 14.4 Å². The van der Waals surface area contributed by atoms with Crippen LogP contribution >= 0.6 is 0 Å². The van der Waals surface area contributed by atoms with Crippen molar-refractivity contribution >= 4 is 11.5 Å². The summed E-state index contributed by atoms with van der Waals surface area (Å²) in [6.07, 6.45) is 3.93. The molecule has 0 unspecified atom stereocenters. The normalized spacial score (nSPS) is 13.1. The van der Waals surface area contributed by atoms with Crippen molar-refractivity contribution in [1.29, 1.82) is 0 Å². The molecule has 7 heteroatoms. The lowest BCUT2D eigenvalue weighted by atomic mass is 10.0. The van der Waals surface area contributed by atoms with Crippen molar-refractivity contribution in [2.45, 2.75) is 19.6 Å². The highest BCUT2D eigenvalue weighted by atomic mass is 19.1. The van der Waals surface area contributed by atoms with Crippen molar-refractivity contribution in [3.05, 3.63) is 53.4 Å². The Hall–Kier alpha value is -2.67. The third kappa shape index (κ3) is 2.29. The molecule has 3 heterocycles. The number of nitrogens with zero attached hydrogens (tertiary/aromatic N) is 3. The highest BCUT2D eigenvalue weighted by molar-refractivity contribution is 5.55. The molecule has 2 aromatic heterocycles. The predicted octanol–water partition coefficient (Wildman–Crippen LogP) is 1.91. The molecule has 0 atom stereocenters. The maximum absolute atomic E-state index is 14.2. The van der Waals surface area contributed by atoms with Gasteiger partial charge in [0.25, 0.3) is 0 Å². The maximum Gasteiger partial charge on any atom is 0.208 e. The Morgan fingerprint density at radius 3 is 3.09 bits per heavy atom. The molecule has 0 fully saturated rings. The second kappa shape index (κ2) is 5.51. The highest BCUT2D eigenvalue weighted by Gasteiger charge is 2.19. The van der Waals surface area contributed by atoms with Crippen molar-refractivity contribution in [1.82, 2.24) is 14.4 Å². The van der Waals surface area contributed by atoms with E-state index in [-0.39, 0.29) is 12.4 Å². The largest absolute Gasteiger partial charge is 0.493 e. The predicted molar refractivity (Wildman–Crippen MR) is 81.8 cm³/mol. The van der Waals surface area contributed by atoms with Crippen molar-refractivity contribution in [2.75, 3.05) is 11.9 Å². The van der Waals surface area contributed by atoms with Crippen LogP contribution in [0.4, 0.5) is 10.3 Å². The van der Waals surface area contributed by atoms with Crippen molar-refractivity contribution in [2.24, 2.45) is 0 Å². The molecule has 0 saturated carbocycles. The van der Waals surface area contributed by atoms with Crippen molar-refractivity contribution in [3.8, 4) is 5.75 Å². The van der Waals surface area contributed by atoms with E-state index in [0.717, 1.165) is 16.8 Å². The molecule has 0 saturated heterocycles. The Balaban J connectivity index is 1.66. The van der Waals surface area contributed by atoms with Gasteiger partial charge in [-0.15, -0.1) is 0 Å². The zero-order valence-corrected chi connectivity index (χ0v) is 12.3. The molecule has 0 amide bonds. The number of rotatable bonds is 4. The first-order valence-corrected chi connectivity index (χ1v) is 7.36. The van der Waals surface area contributed by atoms with Crippen LogP contribution in [0.2, 0.25) is 0 Å². The minimum atomic E-state index is -0.254. The Morgan fingerprint density at radius 1 is 1.30 bits per heavy atom. The molecule has 3 aromatic rings. The number of imidazole rings is 1. The molecule has 6 nitrogen and oxygen atoms in total. The fraction of sp³-hybridized carbons (Fsp3) is 0.250. The van der Waals surface area contributed by atoms with Crippen LogP contribution in [0.1, 0.15) is 16.8 Å². The highest BCUT2D eigenvalue weighted by Crippen LogP contribution is 2.30. The summed E-state index contributed by atoms with van der Waals surface area (Å²) in [5.41, 5.74) is 2.86. The molecule has 1 aliphatic heterocycles. The quantitative estimate of drug-likeness (QED) is 0.770. The topological polar surface area (TPSA) is 71.7 Å². The molecule has 0 bridgehead atoms. The van der Waals surface area contributed by atoms with Gasteiger partial charge in [-0.3, -0.25) is 4.40 Å². The molecule has 1 aliphatic rings. The molecule has 2 N–H and O–H groups in total. The van der Waals surface area contributed by atoms with E-state index in [4.69, 9.17) is 4.74 Å². The van der Waals surface area contributed by atoms with Gasteiger partial charge in [0.1, 0.15) is 17.9 Å². The number of anilines is 1. The van der Waals surface area contributed by atoms with Crippen LogP contribution in [0.25, 0.3) is 5.52 Å². The van der Waals surface area contributed by atoms with Gasteiger partial charge in [0.2, 0.25) is 5.95 Å². The molecule has 1 aromatic carbocycles. The number of ether oxygens (including phenoxy) is 1. The molecule has 0 spiro atoms. The lowest BCUT2D eigenvalue weighted by Gasteiger charge is -2.11. The zero-order valence-electron chi connectivity index (χ0n) is 12.3. The van der Waals surface area contributed by atoms with Crippen LogP contribution < -0.4 is 10.1 Å². The van der Waals surface area contributed by atoms with Gasteiger partial charge in [0, 0.05) is 30.3 Å². The minimum absolute atomic E-state index is 0.141. The second-order valence-electron chi connectivity index (χ2n) is 5.33. The van der Waals surface area contributed by atoms with E-state index >= 15 is 0 Å². The first-order chi connectivity index (χ1) is 11.3. The number of hydrogen-bond acceptors (Lipinski definition) is 5. The van der Waals surface area contributed by atoms with Gasteiger partial charge in [-0.1, -0.05) is 0 Å². The summed E-state index contributed by atoms with van der Waals surface area (Å²) in [7, 11) is 0. The number of aliphatic hydroxyl groups excluding tert-OH is 1. The summed E-state index contributed by atoms with van der Waals surface area (Å²) < 4.78 is 21.4. The van der Waals surface area contributed by atoms with Crippen LogP contribution in [0.15, 0.2) is 30.7 Å². The van der Waals surface area contributed by atoms with Crippen molar-refractivity contribution < 1.29 is 14.2 Å². The lowest BCUT2D eigenvalue weighted by Crippen LogP contribution is -2.09. The van der Waals surface area contributed by atoms with Gasteiger partial charge in [0.05, 0.1) is 24.4 Å². The summed E-state index contributed by atoms with van der Waals surface area (Å²) in [4.78, 5) is 8.41. The number of fused-ring (bicyclic) bond motifs is 2. The monoisotopic (exact) mass is 314 g/mol. The summed E-state index contributed by atoms with van der Waals surface area (Å²) in [6.45, 7) is 0.746. The van der Waals surface area contributed by atoms with Gasteiger partial charge >= 0.3 is 0 Å². The smallest absolute Gasteiger partial charge is 0.208 e. The molecule has 23 heavy (non-hydrogen) atoms. The molecular weight excluding hydrogens is 299 g/mol. The summed E-state index contributed by atoms with van der Waals surface area (Å²) in [5.74, 6) is 1.04. The number of nitrogens with one attached hydrogen (secondary N) is 1. The van der Waals surface area contributed by atoms with Gasteiger partial charge in [-0.2, -0.15) is 0 Å². The summed E-state index contributed by atoms with van der Waals surface area (Å²) in [5, 5.41) is 12.4. The van der Waals surface area contributed by atoms with Crippen LogP contribution in [0.3, 0.4) is 0 Å². The van der Waals surface area contributed by atoms with E-state index in [0.29, 0.717) is 36.8 Å². The fourth-order valence-corrected chi connectivity index (χ4v) is 2.91. The number of halogens is 1. The van der Waals surface area contributed by atoms with Crippen LogP contribution in [0.5, 0.6) is 5.75 Å². The van der Waals surface area contributed by atoms with Crippen molar-refractivity contribution in [3.63, 3.8) is 0 Å². The number of hydrogen-bond donors (Lipinski definition) is 2. The number of aliphatic hydroxyl groups is 1. The molecule has 0 aliphatic carbocycles. The lowest BCUT2D eigenvalue weighted by molar-refractivity contribution is 0.279. The minimum Gasteiger partial charge on any atom is -0.493 e. The summed E-state index contributed by atoms with van der Waals surface area (Å²) in [6, 6.07) is 4.87. The van der Waals surface area contributed by atoms with Gasteiger partial charge in [0.15, 0.2) is 0 Å². The Kier molecular flexibility index (Phi) is 3.34. The second-order valence-corrected chi connectivity index (χ2v) is 5.33. The maximum atomic E-state index is 14.2. The first kappa shape index (κ1) is 14.0. The molecule has 118 valence electrons. The van der Waals surface area contributed by atoms with Crippen LogP contribution in [-0.2, 0) is 19.6 Å². The van der Waals surface area contributed by atoms with Crippen LogP contribution in [0, 0.1) is 5.82 Å². The molecular formula is C16H15FN4O2. The Morgan fingerprint density at radius 2 is 2.22 bits per heavy atom. The Labute approximate surface area is 131 Å². The van der Waals surface area contributed by atoms with Gasteiger partial charge < -0.3 is 15.2 Å². The van der Waals surface area contributed by atoms with Gasteiger partial charge in [-0.05, 0) is 18.2 Å². The standard InChI is InChI=1S/C16H15FN4O2/c17-12-1-2-15-10(4-6-23-15)11(12)7-19-16-18-5-3-14-13(8-22)20-9-21(14)16/h1-3,5,9,22H,4,6-8H2,(H,18,19). The van der Waals surface area contributed by atoms with E-state index in [1.165, 1.54) is 6.07 Å². The molecule has 0 radical (unpaired) electrons. The zero-order chi connectivity index (χ0) is 15.8. The Bertz CT molecular complexity index is 878. The van der Waals surface area contributed by atoms with Crippen LogP contribution in [-0.4, -0.2) is 26.1 Å². The van der Waals surface area contributed by atoms with E-state index in [9.17, 15) is 9.50 Å². The van der Waals surface area contributed by atoms with E-state index in [2.05, 4.69) is 15.3 Å². The first-order valence-electron chi connectivity index (χ1n) is 7.36. The van der Waals surface area contributed by atoms with E-state index < -0.39 is 0 Å². The molecule has 4 rings (SSSR count). The number of aromatic nitrogens is 3. The average molecular weight is 314 g/mol. The van der Waals surface area contributed by atoms with E-state index in [1.54, 1.807) is 29.1 Å². The number of benzene rings is 1. The third-order valence-corrected chi connectivity index (χ3v) is 4.06. The SMILES string of the molecule is OCc1ncn2c(NCc3c(F)ccc4c3CCO4)nccc12. The van der Waals surface area contributed by atoms with E-state index in [1.807, 2.05) is 0 Å². The third-order valence-electron chi connectivity index (χ3n) is 4.06. The average Bonchev–Trinajstić information content (AvgIpc) is 3.20.